The maximum atomic E-state index is 12.5. The normalized spacial score (nSPS) is 28.7. The third-order valence-electron chi connectivity index (χ3n) is 3.94. The predicted octanol–water partition coefficient (Wildman–Crippen LogP) is 0.217. The minimum Gasteiger partial charge on any atom is -0.342 e. The van der Waals surface area contributed by atoms with Gasteiger partial charge in [0.1, 0.15) is 0 Å². The van der Waals surface area contributed by atoms with Gasteiger partial charge in [-0.15, -0.1) is 0 Å². The summed E-state index contributed by atoms with van der Waals surface area (Å²) in [5.74, 6) is -1.80. The highest BCUT2D eigenvalue weighted by molar-refractivity contribution is 5.88. The number of rotatable bonds is 1. The zero-order valence-corrected chi connectivity index (χ0v) is 11.2. The molecule has 2 fully saturated rings. The molecule has 0 saturated carbocycles. The molecule has 2 unspecified atom stereocenters. The largest absolute Gasteiger partial charge is 0.393 e. The Morgan fingerprint density at radius 2 is 2.00 bits per heavy atom. The fraction of sp³-hybridized carbons (Fsp3) is 0.833. The van der Waals surface area contributed by atoms with Crippen LogP contribution in [-0.4, -0.2) is 67.1 Å². The Balaban J connectivity index is 1.88. The van der Waals surface area contributed by atoms with Crippen molar-refractivity contribution in [1.82, 2.24) is 15.1 Å². The summed E-state index contributed by atoms with van der Waals surface area (Å²) in [5.41, 5.74) is 0. The number of hydrogen-bond acceptors (Lipinski definition) is 3. The summed E-state index contributed by atoms with van der Waals surface area (Å²) in [7, 11) is 1.66. The van der Waals surface area contributed by atoms with Crippen molar-refractivity contribution in [3.05, 3.63) is 0 Å². The number of carbonyl (C=O) groups excluding carboxylic acids is 2. The summed E-state index contributed by atoms with van der Waals surface area (Å²) in [6.45, 7) is 0.669. The van der Waals surface area contributed by atoms with E-state index in [0.717, 1.165) is 0 Å². The molecule has 2 saturated heterocycles. The summed E-state index contributed by atoms with van der Waals surface area (Å²) in [5, 5.41) is 2.66. The van der Waals surface area contributed by atoms with Crippen LogP contribution in [0.3, 0.4) is 0 Å². The quantitative estimate of drug-likeness (QED) is 0.752. The molecular weight excluding hydrogens is 275 g/mol. The third-order valence-corrected chi connectivity index (χ3v) is 3.94. The van der Waals surface area contributed by atoms with Crippen LogP contribution in [0.15, 0.2) is 0 Å². The van der Waals surface area contributed by atoms with Gasteiger partial charge < -0.3 is 15.1 Å². The standard InChI is InChI=1S/C12H18F3N3O2/c1-17-4-5-18(7-10(17)19)11(20)9-3-2-8(6-16-9)12(13,14)15/h8-9,16H,2-7H2,1H3. The van der Waals surface area contributed by atoms with Gasteiger partial charge >= 0.3 is 6.18 Å². The van der Waals surface area contributed by atoms with E-state index < -0.39 is 18.1 Å². The number of hydrogen-bond donors (Lipinski definition) is 1. The molecule has 2 aliphatic heterocycles. The fourth-order valence-corrected chi connectivity index (χ4v) is 2.51. The van der Waals surface area contributed by atoms with Gasteiger partial charge in [-0.1, -0.05) is 0 Å². The number of halogens is 3. The topological polar surface area (TPSA) is 52.6 Å². The lowest BCUT2D eigenvalue weighted by Crippen LogP contribution is -2.57. The van der Waals surface area contributed by atoms with E-state index in [9.17, 15) is 22.8 Å². The van der Waals surface area contributed by atoms with Crippen molar-refractivity contribution in [2.75, 3.05) is 33.2 Å². The Kier molecular flexibility index (Phi) is 4.22. The summed E-state index contributed by atoms with van der Waals surface area (Å²) in [6, 6.07) is -0.607. The third kappa shape index (κ3) is 3.23. The molecule has 8 heteroatoms. The molecule has 2 aliphatic rings. The van der Waals surface area contributed by atoms with Crippen LogP contribution < -0.4 is 5.32 Å². The molecule has 1 N–H and O–H groups in total. The van der Waals surface area contributed by atoms with Gasteiger partial charge in [0.05, 0.1) is 18.5 Å². The van der Waals surface area contributed by atoms with Crippen LogP contribution >= 0.6 is 0 Å². The highest BCUT2D eigenvalue weighted by Gasteiger charge is 2.43. The lowest BCUT2D eigenvalue weighted by Gasteiger charge is -2.36. The lowest BCUT2D eigenvalue weighted by molar-refractivity contribution is -0.180. The van der Waals surface area contributed by atoms with Gasteiger partial charge in [-0.25, -0.2) is 0 Å². The van der Waals surface area contributed by atoms with Crippen LogP contribution in [0.5, 0.6) is 0 Å². The van der Waals surface area contributed by atoms with Crippen LogP contribution in [0.1, 0.15) is 12.8 Å². The van der Waals surface area contributed by atoms with Gasteiger partial charge in [0, 0.05) is 26.7 Å². The van der Waals surface area contributed by atoms with Gasteiger partial charge in [-0.3, -0.25) is 9.59 Å². The molecule has 2 atom stereocenters. The monoisotopic (exact) mass is 293 g/mol. The molecule has 2 heterocycles. The first-order valence-electron chi connectivity index (χ1n) is 6.62. The van der Waals surface area contributed by atoms with Crippen molar-refractivity contribution in [3.8, 4) is 0 Å². The van der Waals surface area contributed by atoms with E-state index in [0.29, 0.717) is 13.1 Å². The molecule has 114 valence electrons. The molecule has 0 bridgehead atoms. The van der Waals surface area contributed by atoms with Crippen molar-refractivity contribution in [2.45, 2.75) is 25.1 Å². The predicted molar refractivity (Wildman–Crippen MR) is 64.8 cm³/mol. The maximum Gasteiger partial charge on any atom is 0.393 e. The smallest absolute Gasteiger partial charge is 0.342 e. The Hall–Kier alpha value is -1.31. The van der Waals surface area contributed by atoms with Crippen LogP contribution in [0.4, 0.5) is 13.2 Å². The number of nitrogens with one attached hydrogen (secondary N) is 1. The van der Waals surface area contributed by atoms with Gasteiger partial charge in [0.2, 0.25) is 11.8 Å². The molecule has 0 aromatic heterocycles. The van der Waals surface area contributed by atoms with Crippen LogP contribution in [-0.2, 0) is 9.59 Å². The molecule has 0 aromatic carbocycles. The summed E-state index contributed by atoms with van der Waals surface area (Å²) >= 11 is 0. The first-order valence-corrected chi connectivity index (χ1v) is 6.62. The number of piperidine rings is 1. The Morgan fingerprint density at radius 1 is 1.30 bits per heavy atom. The molecule has 2 amide bonds. The van der Waals surface area contributed by atoms with Gasteiger partial charge in [0.15, 0.2) is 0 Å². The molecule has 0 aliphatic carbocycles. The summed E-state index contributed by atoms with van der Waals surface area (Å²) in [4.78, 5) is 26.7. The van der Waals surface area contributed by atoms with Crippen molar-refractivity contribution < 1.29 is 22.8 Å². The number of alkyl halides is 3. The van der Waals surface area contributed by atoms with Gasteiger partial charge in [-0.2, -0.15) is 13.2 Å². The SMILES string of the molecule is CN1CCN(C(=O)C2CCC(C(F)(F)F)CN2)CC1=O. The number of piperazine rings is 1. The second-order valence-corrected chi connectivity index (χ2v) is 5.35. The second-order valence-electron chi connectivity index (χ2n) is 5.35. The number of amides is 2. The zero-order chi connectivity index (χ0) is 14.9. The number of nitrogens with zero attached hydrogens (tertiary/aromatic N) is 2. The average Bonchev–Trinajstić information content (AvgIpc) is 2.40. The molecule has 0 aromatic rings. The van der Waals surface area contributed by atoms with E-state index >= 15 is 0 Å². The minimum atomic E-state index is -4.22. The summed E-state index contributed by atoms with van der Waals surface area (Å²) < 4.78 is 37.6. The van der Waals surface area contributed by atoms with E-state index in [1.807, 2.05) is 0 Å². The van der Waals surface area contributed by atoms with Gasteiger partial charge in [0.25, 0.3) is 0 Å². The van der Waals surface area contributed by atoms with E-state index in [1.54, 1.807) is 7.05 Å². The maximum absolute atomic E-state index is 12.5. The molecule has 20 heavy (non-hydrogen) atoms. The van der Waals surface area contributed by atoms with Crippen LogP contribution in [0, 0.1) is 5.92 Å². The Bertz CT molecular complexity index is 392. The number of likely N-dealkylation sites (N-methyl/N-ethyl adjacent to an activating group) is 1. The van der Waals surface area contributed by atoms with Crippen LogP contribution in [0.25, 0.3) is 0 Å². The minimum absolute atomic E-state index is 0.0101. The molecule has 5 nitrogen and oxygen atoms in total. The second kappa shape index (κ2) is 5.59. The van der Waals surface area contributed by atoms with E-state index in [1.165, 1.54) is 9.80 Å². The average molecular weight is 293 g/mol. The molecule has 2 rings (SSSR count). The first kappa shape index (κ1) is 15.1. The van der Waals surface area contributed by atoms with E-state index in [-0.39, 0.29) is 37.7 Å². The first-order chi connectivity index (χ1) is 9.29. The van der Waals surface area contributed by atoms with Gasteiger partial charge in [-0.05, 0) is 12.8 Å². The summed E-state index contributed by atoms with van der Waals surface area (Å²) in [6.07, 6.45) is -4.11. The Labute approximate surface area is 115 Å². The van der Waals surface area contributed by atoms with Crippen LogP contribution in [0.2, 0.25) is 0 Å². The van der Waals surface area contributed by atoms with Crippen molar-refractivity contribution in [1.29, 1.82) is 0 Å². The van der Waals surface area contributed by atoms with Crippen molar-refractivity contribution >= 4 is 11.8 Å². The van der Waals surface area contributed by atoms with Crippen molar-refractivity contribution in [3.63, 3.8) is 0 Å². The highest BCUT2D eigenvalue weighted by atomic mass is 19.4. The van der Waals surface area contributed by atoms with Crippen molar-refractivity contribution in [2.24, 2.45) is 5.92 Å². The molecule has 0 radical (unpaired) electrons. The number of carbonyl (C=O) groups is 2. The Morgan fingerprint density at radius 3 is 2.50 bits per heavy atom. The van der Waals surface area contributed by atoms with E-state index in [4.69, 9.17) is 0 Å². The molecular formula is C12H18F3N3O2. The zero-order valence-electron chi connectivity index (χ0n) is 11.2. The highest BCUT2D eigenvalue weighted by Crippen LogP contribution is 2.32. The molecule has 0 spiro atoms. The van der Waals surface area contributed by atoms with E-state index in [2.05, 4.69) is 5.32 Å². The lowest BCUT2D eigenvalue weighted by atomic mass is 9.93. The fourth-order valence-electron chi connectivity index (χ4n) is 2.51.